The van der Waals surface area contributed by atoms with Gasteiger partial charge in [0.1, 0.15) is 0 Å². The van der Waals surface area contributed by atoms with Gasteiger partial charge in [0.2, 0.25) is 0 Å². The first-order valence-electron chi connectivity index (χ1n) is 6.55. The molecule has 4 heteroatoms. The molecule has 0 aliphatic heterocycles. The molecule has 0 saturated heterocycles. The van der Waals surface area contributed by atoms with Crippen molar-refractivity contribution in [1.82, 2.24) is 0 Å². The zero-order valence-corrected chi connectivity index (χ0v) is 13.0. The van der Waals surface area contributed by atoms with Crippen LogP contribution in [0.4, 0.5) is 0 Å². The lowest BCUT2D eigenvalue weighted by molar-refractivity contribution is 0.0992. The summed E-state index contributed by atoms with van der Waals surface area (Å²) in [5, 5.41) is 0.365. The molecule has 0 fully saturated rings. The van der Waals surface area contributed by atoms with E-state index >= 15 is 0 Å². The maximum Gasteiger partial charge on any atom is 0.179 e. The molecular formula is C17H17ClO3. The van der Waals surface area contributed by atoms with Crippen LogP contribution >= 0.6 is 11.6 Å². The number of carbonyl (C=O) groups excluding carboxylic acids is 1. The zero-order chi connectivity index (χ0) is 15.4. The van der Waals surface area contributed by atoms with E-state index in [9.17, 15) is 4.79 Å². The number of ether oxygens (including phenoxy) is 2. The Morgan fingerprint density at radius 2 is 1.90 bits per heavy atom. The number of halogens is 1. The summed E-state index contributed by atoms with van der Waals surface area (Å²) in [5.41, 5.74) is 2.62. The highest BCUT2D eigenvalue weighted by molar-refractivity contribution is 6.32. The fraction of sp³-hybridized carbons (Fsp3) is 0.235. The van der Waals surface area contributed by atoms with Gasteiger partial charge in [-0.25, -0.2) is 0 Å². The van der Waals surface area contributed by atoms with Crippen molar-refractivity contribution in [2.45, 2.75) is 13.3 Å². The molecule has 0 N–H and O–H groups in total. The fourth-order valence-electron chi connectivity index (χ4n) is 2.19. The predicted molar refractivity (Wildman–Crippen MR) is 83.8 cm³/mol. The van der Waals surface area contributed by atoms with Gasteiger partial charge in [0.05, 0.1) is 19.2 Å². The molecule has 2 aromatic rings. The number of aryl methyl sites for hydroxylation is 1. The molecule has 2 aromatic carbocycles. The standard InChI is InChI=1S/C17H17ClO3/c1-11-5-4-6-12(7-11)8-15(19)13-9-14(18)17(21-3)16(10-13)20-2/h4-7,9-10H,8H2,1-3H3. The summed E-state index contributed by atoms with van der Waals surface area (Å²) in [6, 6.07) is 11.2. The molecule has 0 aliphatic carbocycles. The van der Waals surface area contributed by atoms with E-state index in [4.69, 9.17) is 21.1 Å². The predicted octanol–water partition coefficient (Wildman–Crippen LogP) is 4.09. The first-order chi connectivity index (χ1) is 10.0. The maximum atomic E-state index is 12.4. The van der Waals surface area contributed by atoms with Gasteiger partial charge in [-0.3, -0.25) is 4.79 Å². The molecule has 21 heavy (non-hydrogen) atoms. The summed E-state index contributed by atoms with van der Waals surface area (Å²) in [4.78, 5) is 12.4. The quantitative estimate of drug-likeness (QED) is 0.780. The summed E-state index contributed by atoms with van der Waals surface area (Å²) in [7, 11) is 3.03. The first kappa shape index (κ1) is 15.4. The average Bonchev–Trinajstić information content (AvgIpc) is 2.46. The number of ketones is 1. The van der Waals surface area contributed by atoms with Crippen molar-refractivity contribution in [3.63, 3.8) is 0 Å². The lowest BCUT2D eigenvalue weighted by Gasteiger charge is -2.11. The highest BCUT2D eigenvalue weighted by atomic mass is 35.5. The normalized spacial score (nSPS) is 10.3. The van der Waals surface area contributed by atoms with E-state index in [0.29, 0.717) is 28.5 Å². The second-order valence-electron chi connectivity index (χ2n) is 4.78. The first-order valence-corrected chi connectivity index (χ1v) is 6.93. The molecular weight excluding hydrogens is 288 g/mol. The third-order valence-corrected chi connectivity index (χ3v) is 3.48. The lowest BCUT2D eigenvalue weighted by atomic mass is 10.0. The van der Waals surface area contributed by atoms with Crippen molar-refractivity contribution in [1.29, 1.82) is 0 Å². The molecule has 0 atom stereocenters. The molecule has 0 bridgehead atoms. The molecule has 0 spiro atoms. The van der Waals surface area contributed by atoms with Crippen LogP contribution in [0.5, 0.6) is 11.5 Å². The van der Waals surface area contributed by atoms with Crippen molar-refractivity contribution in [2.24, 2.45) is 0 Å². The van der Waals surface area contributed by atoms with Crippen LogP contribution in [0.25, 0.3) is 0 Å². The Kier molecular flexibility index (Phi) is 4.86. The Morgan fingerprint density at radius 1 is 1.14 bits per heavy atom. The van der Waals surface area contributed by atoms with Gasteiger partial charge in [-0.2, -0.15) is 0 Å². The minimum atomic E-state index is -0.0107. The van der Waals surface area contributed by atoms with E-state index in [1.807, 2.05) is 31.2 Å². The van der Waals surface area contributed by atoms with Crippen molar-refractivity contribution < 1.29 is 14.3 Å². The molecule has 3 nitrogen and oxygen atoms in total. The van der Waals surface area contributed by atoms with Gasteiger partial charge in [-0.05, 0) is 24.6 Å². The lowest BCUT2D eigenvalue weighted by Crippen LogP contribution is -2.05. The van der Waals surface area contributed by atoms with Gasteiger partial charge in [0.25, 0.3) is 0 Å². The van der Waals surface area contributed by atoms with Gasteiger partial charge in [0, 0.05) is 12.0 Å². The van der Waals surface area contributed by atoms with Crippen LogP contribution in [0.3, 0.4) is 0 Å². The Morgan fingerprint density at radius 3 is 2.52 bits per heavy atom. The number of rotatable bonds is 5. The molecule has 0 unspecified atom stereocenters. The topological polar surface area (TPSA) is 35.5 Å². The molecule has 0 amide bonds. The number of hydrogen-bond acceptors (Lipinski definition) is 3. The summed E-state index contributed by atoms with van der Waals surface area (Å²) in [6.45, 7) is 2.00. The number of Topliss-reactive ketones (excluding diaryl/α,β-unsaturated/α-hetero) is 1. The Balaban J connectivity index is 2.29. The number of benzene rings is 2. The third kappa shape index (κ3) is 3.56. The van der Waals surface area contributed by atoms with Crippen LogP contribution in [0.2, 0.25) is 5.02 Å². The summed E-state index contributed by atoms with van der Waals surface area (Å²) < 4.78 is 10.4. The van der Waals surface area contributed by atoms with Crippen LogP contribution in [0, 0.1) is 6.92 Å². The molecule has 0 heterocycles. The van der Waals surface area contributed by atoms with Crippen LogP contribution < -0.4 is 9.47 Å². The van der Waals surface area contributed by atoms with E-state index in [2.05, 4.69) is 0 Å². The largest absolute Gasteiger partial charge is 0.493 e. The molecule has 2 rings (SSSR count). The monoisotopic (exact) mass is 304 g/mol. The van der Waals surface area contributed by atoms with Gasteiger partial charge in [-0.15, -0.1) is 0 Å². The number of methoxy groups -OCH3 is 2. The summed E-state index contributed by atoms with van der Waals surface area (Å²) in [5.74, 6) is 0.882. The second-order valence-corrected chi connectivity index (χ2v) is 5.19. The SMILES string of the molecule is COc1cc(C(=O)Cc2cccc(C)c2)cc(Cl)c1OC. The number of carbonyl (C=O) groups is 1. The van der Waals surface area contributed by atoms with Crippen LogP contribution in [-0.2, 0) is 6.42 Å². The Bertz CT molecular complexity index is 665. The van der Waals surface area contributed by atoms with Crippen molar-refractivity contribution in [3.8, 4) is 11.5 Å². The molecule has 0 saturated carbocycles. The minimum Gasteiger partial charge on any atom is -0.493 e. The fourth-order valence-corrected chi connectivity index (χ4v) is 2.48. The molecule has 110 valence electrons. The summed E-state index contributed by atoms with van der Waals surface area (Å²) >= 11 is 6.13. The van der Waals surface area contributed by atoms with Gasteiger partial charge < -0.3 is 9.47 Å². The molecule has 0 aliphatic rings. The van der Waals surface area contributed by atoms with Gasteiger partial charge in [-0.1, -0.05) is 41.4 Å². The number of hydrogen-bond donors (Lipinski definition) is 0. The highest BCUT2D eigenvalue weighted by Gasteiger charge is 2.15. The Hall–Kier alpha value is -2.00. The third-order valence-electron chi connectivity index (χ3n) is 3.20. The van der Waals surface area contributed by atoms with Gasteiger partial charge in [0.15, 0.2) is 17.3 Å². The zero-order valence-electron chi connectivity index (χ0n) is 12.3. The van der Waals surface area contributed by atoms with Crippen molar-refractivity contribution >= 4 is 17.4 Å². The molecule has 0 radical (unpaired) electrons. The maximum absolute atomic E-state index is 12.4. The smallest absolute Gasteiger partial charge is 0.179 e. The van der Waals surface area contributed by atoms with Crippen molar-refractivity contribution in [3.05, 3.63) is 58.1 Å². The Labute approximate surface area is 129 Å². The van der Waals surface area contributed by atoms with E-state index in [1.54, 1.807) is 12.1 Å². The van der Waals surface area contributed by atoms with Gasteiger partial charge >= 0.3 is 0 Å². The van der Waals surface area contributed by atoms with Crippen molar-refractivity contribution in [2.75, 3.05) is 14.2 Å². The minimum absolute atomic E-state index is 0.0107. The summed E-state index contributed by atoms with van der Waals surface area (Å²) in [6.07, 6.45) is 0.327. The van der Waals surface area contributed by atoms with Crippen LogP contribution in [0.1, 0.15) is 21.5 Å². The van der Waals surface area contributed by atoms with E-state index < -0.39 is 0 Å². The van der Waals surface area contributed by atoms with E-state index in [1.165, 1.54) is 14.2 Å². The van der Waals surface area contributed by atoms with Crippen LogP contribution in [0.15, 0.2) is 36.4 Å². The molecule has 0 aromatic heterocycles. The van der Waals surface area contributed by atoms with Crippen LogP contribution in [-0.4, -0.2) is 20.0 Å². The van der Waals surface area contributed by atoms with E-state index in [0.717, 1.165) is 11.1 Å². The second kappa shape index (κ2) is 6.64. The average molecular weight is 305 g/mol. The van der Waals surface area contributed by atoms with E-state index in [-0.39, 0.29) is 5.78 Å². The highest BCUT2D eigenvalue weighted by Crippen LogP contribution is 2.36.